The van der Waals surface area contributed by atoms with Gasteiger partial charge in [0.05, 0.1) is 13.0 Å². The molecular weight excluding hydrogens is 330 g/mol. The number of halogens is 1. The van der Waals surface area contributed by atoms with Gasteiger partial charge in [0.1, 0.15) is 0 Å². The van der Waals surface area contributed by atoms with Gasteiger partial charge in [0.2, 0.25) is 5.91 Å². The fourth-order valence-electron chi connectivity index (χ4n) is 2.49. The summed E-state index contributed by atoms with van der Waals surface area (Å²) in [5, 5.41) is 0.571. The molecule has 1 aromatic rings. The standard InChI is InChI=1S/C18H22ClNO4/c1-2-24-18(23)11-12-20(15-7-8-15)17(22)10-9-16(21)13-3-5-14(19)6-4-13/h3-6,15H,2,7-12H2,1H3. The maximum absolute atomic E-state index is 12.4. The van der Waals surface area contributed by atoms with Crippen molar-refractivity contribution in [2.45, 2.75) is 45.1 Å². The molecule has 1 aromatic carbocycles. The van der Waals surface area contributed by atoms with Crippen LogP contribution in [0.25, 0.3) is 0 Å². The molecule has 5 nitrogen and oxygen atoms in total. The van der Waals surface area contributed by atoms with Crippen LogP contribution >= 0.6 is 11.6 Å². The lowest BCUT2D eigenvalue weighted by Gasteiger charge is -2.22. The number of hydrogen-bond donors (Lipinski definition) is 0. The number of nitrogens with zero attached hydrogens (tertiary/aromatic N) is 1. The fraction of sp³-hybridized carbons (Fsp3) is 0.500. The molecule has 1 saturated carbocycles. The number of Topliss-reactive ketones (excluding diaryl/α,β-unsaturated/α-hetero) is 1. The third-order valence-corrected chi connectivity index (χ3v) is 4.15. The van der Waals surface area contributed by atoms with Crippen molar-refractivity contribution in [3.8, 4) is 0 Å². The smallest absolute Gasteiger partial charge is 0.307 e. The molecule has 0 radical (unpaired) electrons. The van der Waals surface area contributed by atoms with Gasteiger partial charge in [-0.15, -0.1) is 0 Å². The topological polar surface area (TPSA) is 63.7 Å². The molecule has 0 aromatic heterocycles. The highest BCUT2D eigenvalue weighted by molar-refractivity contribution is 6.30. The van der Waals surface area contributed by atoms with Gasteiger partial charge in [-0.1, -0.05) is 11.6 Å². The second-order valence-electron chi connectivity index (χ2n) is 5.80. The van der Waals surface area contributed by atoms with Crippen LogP contribution in [0.4, 0.5) is 0 Å². The van der Waals surface area contributed by atoms with E-state index < -0.39 is 0 Å². The van der Waals surface area contributed by atoms with E-state index in [0.717, 1.165) is 12.8 Å². The molecule has 0 heterocycles. The number of carbonyl (C=O) groups is 3. The maximum atomic E-state index is 12.4. The van der Waals surface area contributed by atoms with Gasteiger partial charge in [0.15, 0.2) is 5.78 Å². The summed E-state index contributed by atoms with van der Waals surface area (Å²) in [5.41, 5.74) is 0.552. The zero-order chi connectivity index (χ0) is 17.5. The average molecular weight is 352 g/mol. The van der Waals surface area contributed by atoms with E-state index in [0.29, 0.717) is 23.7 Å². The van der Waals surface area contributed by atoms with E-state index >= 15 is 0 Å². The molecule has 0 unspecified atom stereocenters. The van der Waals surface area contributed by atoms with Crippen LogP contribution in [-0.2, 0) is 14.3 Å². The normalized spacial score (nSPS) is 13.4. The summed E-state index contributed by atoms with van der Waals surface area (Å²) >= 11 is 5.80. The predicted molar refractivity (Wildman–Crippen MR) is 91.0 cm³/mol. The van der Waals surface area contributed by atoms with E-state index in [4.69, 9.17) is 16.3 Å². The fourth-order valence-corrected chi connectivity index (χ4v) is 2.61. The van der Waals surface area contributed by atoms with E-state index in [1.807, 2.05) is 0 Å². The monoisotopic (exact) mass is 351 g/mol. The Kier molecular flexibility index (Phi) is 6.79. The first-order valence-electron chi connectivity index (χ1n) is 8.25. The lowest BCUT2D eigenvalue weighted by atomic mass is 10.1. The Morgan fingerprint density at radius 3 is 2.38 bits per heavy atom. The first-order valence-corrected chi connectivity index (χ1v) is 8.63. The molecule has 130 valence electrons. The second-order valence-corrected chi connectivity index (χ2v) is 6.24. The summed E-state index contributed by atoms with van der Waals surface area (Å²) < 4.78 is 4.90. The van der Waals surface area contributed by atoms with Crippen LogP contribution in [0.5, 0.6) is 0 Å². The largest absolute Gasteiger partial charge is 0.466 e. The zero-order valence-corrected chi connectivity index (χ0v) is 14.6. The number of esters is 1. The highest BCUT2D eigenvalue weighted by Gasteiger charge is 2.32. The van der Waals surface area contributed by atoms with E-state index in [-0.39, 0.29) is 43.0 Å². The molecule has 2 rings (SSSR count). The van der Waals surface area contributed by atoms with Gasteiger partial charge < -0.3 is 9.64 Å². The maximum Gasteiger partial charge on any atom is 0.307 e. The summed E-state index contributed by atoms with van der Waals surface area (Å²) in [4.78, 5) is 37.7. The van der Waals surface area contributed by atoms with E-state index in [1.54, 1.807) is 36.1 Å². The van der Waals surface area contributed by atoms with Crippen LogP contribution in [0.1, 0.15) is 49.4 Å². The first-order chi connectivity index (χ1) is 11.5. The van der Waals surface area contributed by atoms with Crippen molar-refractivity contribution in [2.24, 2.45) is 0 Å². The van der Waals surface area contributed by atoms with Gasteiger partial charge in [-0.05, 0) is 44.0 Å². The Morgan fingerprint density at radius 1 is 1.12 bits per heavy atom. The SMILES string of the molecule is CCOC(=O)CCN(C(=O)CCC(=O)c1ccc(Cl)cc1)C1CC1. The summed E-state index contributed by atoms with van der Waals surface area (Å²) in [5.74, 6) is -0.460. The number of rotatable bonds is 9. The third kappa shape index (κ3) is 5.64. The molecule has 0 bridgehead atoms. The predicted octanol–water partition coefficient (Wildman–Crippen LogP) is 3.25. The minimum atomic E-state index is -0.298. The molecule has 6 heteroatoms. The third-order valence-electron chi connectivity index (χ3n) is 3.90. The Morgan fingerprint density at radius 2 is 1.79 bits per heavy atom. The molecule has 0 aliphatic heterocycles. The van der Waals surface area contributed by atoms with Gasteiger partial charge in [0, 0.05) is 36.0 Å². The van der Waals surface area contributed by atoms with Crippen LogP contribution < -0.4 is 0 Å². The highest BCUT2D eigenvalue weighted by Crippen LogP contribution is 2.28. The molecule has 24 heavy (non-hydrogen) atoms. The Hall–Kier alpha value is -1.88. The number of ketones is 1. The minimum absolute atomic E-state index is 0.0795. The Balaban J connectivity index is 1.83. The lowest BCUT2D eigenvalue weighted by Crippen LogP contribution is -2.35. The van der Waals surface area contributed by atoms with Crippen molar-refractivity contribution in [1.82, 2.24) is 4.90 Å². The second kappa shape index (κ2) is 8.83. The van der Waals surface area contributed by atoms with Crippen LogP contribution in [0.15, 0.2) is 24.3 Å². The van der Waals surface area contributed by atoms with Gasteiger partial charge >= 0.3 is 5.97 Å². The molecule has 0 N–H and O–H groups in total. The van der Waals surface area contributed by atoms with Crippen molar-refractivity contribution in [3.63, 3.8) is 0 Å². The van der Waals surface area contributed by atoms with E-state index in [2.05, 4.69) is 0 Å². The molecule has 0 saturated heterocycles. The molecule has 0 atom stereocenters. The van der Waals surface area contributed by atoms with Crippen LogP contribution in [-0.4, -0.2) is 41.8 Å². The summed E-state index contributed by atoms with van der Waals surface area (Å²) in [6.07, 6.45) is 2.42. The minimum Gasteiger partial charge on any atom is -0.466 e. The number of carbonyl (C=O) groups excluding carboxylic acids is 3. The van der Waals surface area contributed by atoms with E-state index in [1.165, 1.54) is 0 Å². The van der Waals surface area contributed by atoms with Crippen LogP contribution in [0.2, 0.25) is 5.02 Å². The summed E-state index contributed by atoms with van der Waals surface area (Å²) in [6, 6.07) is 6.85. The first kappa shape index (κ1) is 18.5. The quantitative estimate of drug-likeness (QED) is 0.506. The molecule has 0 spiro atoms. The highest BCUT2D eigenvalue weighted by atomic mass is 35.5. The zero-order valence-electron chi connectivity index (χ0n) is 13.8. The van der Waals surface area contributed by atoms with Crippen molar-refractivity contribution >= 4 is 29.3 Å². The van der Waals surface area contributed by atoms with E-state index in [9.17, 15) is 14.4 Å². The van der Waals surface area contributed by atoms with Gasteiger partial charge in [0.25, 0.3) is 0 Å². The van der Waals surface area contributed by atoms with Gasteiger partial charge in [-0.2, -0.15) is 0 Å². The number of benzene rings is 1. The van der Waals surface area contributed by atoms with Gasteiger partial charge in [-0.25, -0.2) is 0 Å². The van der Waals surface area contributed by atoms with Crippen molar-refractivity contribution in [3.05, 3.63) is 34.9 Å². The molecular formula is C18H22ClNO4. The molecule has 1 amide bonds. The average Bonchev–Trinajstić information content (AvgIpc) is 3.38. The molecule has 1 fully saturated rings. The van der Waals surface area contributed by atoms with Crippen molar-refractivity contribution < 1.29 is 19.1 Å². The van der Waals surface area contributed by atoms with Crippen molar-refractivity contribution in [2.75, 3.05) is 13.2 Å². The molecule has 1 aliphatic carbocycles. The number of hydrogen-bond acceptors (Lipinski definition) is 4. The lowest BCUT2D eigenvalue weighted by molar-refractivity contribution is -0.144. The molecule has 1 aliphatic rings. The van der Waals surface area contributed by atoms with Crippen LogP contribution in [0, 0.1) is 0 Å². The van der Waals surface area contributed by atoms with Crippen molar-refractivity contribution in [1.29, 1.82) is 0 Å². The Labute approximate surface area is 146 Å². The summed E-state index contributed by atoms with van der Waals surface area (Å²) in [7, 11) is 0. The number of ether oxygens (including phenoxy) is 1. The van der Waals surface area contributed by atoms with Crippen LogP contribution in [0.3, 0.4) is 0 Å². The number of amides is 1. The Bertz CT molecular complexity index is 596. The van der Waals surface area contributed by atoms with Gasteiger partial charge in [-0.3, -0.25) is 14.4 Å². The summed E-state index contributed by atoms with van der Waals surface area (Å²) in [6.45, 7) is 2.45.